The number of aromatic nitrogens is 1. The highest BCUT2D eigenvalue weighted by Gasteiger charge is 2.45. The van der Waals surface area contributed by atoms with E-state index in [0.717, 1.165) is 24.6 Å². The van der Waals surface area contributed by atoms with Crippen LogP contribution in [0.4, 0.5) is 0 Å². The van der Waals surface area contributed by atoms with E-state index in [4.69, 9.17) is 0 Å². The van der Waals surface area contributed by atoms with Gasteiger partial charge in [-0.1, -0.05) is 12.1 Å². The highest BCUT2D eigenvalue weighted by molar-refractivity contribution is 5.89. The van der Waals surface area contributed by atoms with Crippen molar-refractivity contribution in [1.29, 1.82) is 0 Å². The summed E-state index contributed by atoms with van der Waals surface area (Å²) in [6.45, 7) is 0. The topological polar surface area (TPSA) is 32.9 Å². The Balaban J connectivity index is 2.30. The molecule has 1 aromatic carbocycles. The summed E-state index contributed by atoms with van der Waals surface area (Å²) in [4.78, 5) is 14.2. The van der Waals surface area contributed by atoms with Crippen molar-refractivity contribution in [1.82, 2.24) is 4.98 Å². The molecule has 0 spiro atoms. The first-order valence-corrected chi connectivity index (χ1v) is 4.89. The number of carbonyl (C=O) groups is 1. The summed E-state index contributed by atoms with van der Waals surface area (Å²) >= 11 is 0. The normalized spacial score (nSPS) is 18.3. The maximum Gasteiger partial charge on any atom is 0.130 e. The zero-order valence-corrected chi connectivity index (χ0v) is 7.79. The molecule has 2 aromatic rings. The lowest BCUT2D eigenvalue weighted by atomic mass is 9.94. The minimum Gasteiger partial charge on any atom is -0.361 e. The first-order valence-electron chi connectivity index (χ1n) is 4.89. The number of hydrogen-bond donors (Lipinski definition) is 1. The lowest BCUT2D eigenvalue weighted by molar-refractivity contribution is -0.109. The van der Waals surface area contributed by atoms with Crippen molar-refractivity contribution in [2.75, 3.05) is 0 Å². The molecule has 3 rings (SSSR count). The Morgan fingerprint density at radius 1 is 1.29 bits per heavy atom. The molecular formula is C12H11NO. The number of fused-ring (bicyclic) bond motifs is 1. The zero-order chi connectivity index (χ0) is 9.60. The maximum atomic E-state index is 11.0. The predicted molar refractivity (Wildman–Crippen MR) is 55.3 cm³/mol. The van der Waals surface area contributed by atoms with Crippen molar-refractivity contribution in [2.24, 2.45) is 0 Å². The second-order valence-electron chi connectivity index (χ2n) is 4.02. The summed E-state index contributed by atoms with van der Waals surface area (Å²) in [6, 6.07) is 8.17. The number of aldehydes is 1. The molecule has 1 aliphatic rings. The van der Waals surface area contributed by atoms with Crippen LogP contribution in [-0.4, -0.2) is 11.3 Å². The van der Waals surface area contributed by atoms with E-state index in [2.05, 4.69) is 11.1 Å². The molecule has 0 saturated heterocycles. The molecule has 0 atom stereocenters. The van der Waals surface area contributed by atoms with Crippen LogP contribution in [0.5, 0.6) is 0 Å². The van der Waals surface area contributed by atoms with Gasteiger partial charge >= 0.3 is 0 Å². The van der Waals surface area contributed by atoms with Crippen molar-refractivity contribution in [3.05, 3.63) is 36.0 Å². The van der Waals surface area contributed by atoms with Crippen LogP contribution in [0, 0.1) is 0 Å². The number of rotatable bonds is 2. The van der Waals surface area contributed by atoms with Gasteiger partial charge in [0.1, 0.15) is 6.29 Å². The van der Waals surface area contributed by atoms with Crippen molar-refractivity contribution in [3.8, 4) is 0 Å². The van der Waals surface area contributed by atoms with Gasteiger partial charge in [0.25, 0.3) is 0 Å². The van der Waals surface area contributed by atoms with Gasteiger partial charge < -0.3 is 9.78 Å². The van der Waals surface area contributed by atoms with E-state index in [9.17, 15) is 4.79 Å². The molecule has 1 aromatic heterocycles. The molecule has 0 aliphatic heterocycles. The van der Waals surface area contributed by atoms with Gasteiger partial charge in [0.2, 0.25) is 0 Å². The number of benzene rings is 1. The van der Waals surface area contributed by atoms with Gasteiger partial charge in [-0.3, -0.25) is 0 Å². The zero-order valence-electron chi connectivity index (χ0n) is 7.79. The van der Waals surface area contributed by atoms with Crippen molar-refractivity contribution >= 4 is 17.2 Å². The van der Waals surface area contributed by atoms with Crippen LogP contribution in [-0.2, 0) is 10.2 Å². The Labute approximate surface area is 81.9 Å². The molecule has 14 heavy (non-hydrogen) atoms. The quantitative estimate of drug-likeness (QED) is 0.716. The molecule has 1 saturated carbocycles. The van der Waals surface area contributed by atoms with E-state index in [0.29, 0.717) is 0 Å². The predicted octanol–water partition coefficient (Wildman–Crippen LogP) is 2.40. The molecule has 0 bridgehead atoms. The smallest absolute Gasteiger partial charge is 0.130 e. The lowest BCUT2D eigenvalue weighted by Gasteiger charge is -2.08. The Bertz CT molecular complexity index is 494. The Hall–Kier alpha value is -1.57. The van der Waals surface area contributed by atoms with E-state index in [1.165, 1.54) is 10.9 Å². The second-order valence-corrected chi connectivity index (χ2v) is 4.02. The van der Waals surface area contributed by atoms with Gasteiger partial charge in [-0.15, -0.1) is 0 Å². The van der Waals surface area contributed by atoms with E-state index in [1.54, 1.807) is 0 Å². The molecule has 2 nitrogen and oxygen atoms in total. The standard InChI is InChI=1S/C12H11NO/c14-8-12(5-6-12)10-2-1-3-11-9(10)4-7-13-11/h1-4,7-8,13H,5-6H2. The Morgan fingerprint density at radius 3 is 2.86 bits per heavy atom. The average Bonchev–Trinajstić information content (AvgIpc) is 2.87. The van der Waals surface area contributed by atoms with Crippen LogP contribution in [0.25, 0.3) is 10.9 Å². The molecule has 0 amide bonds. The van der Waals surface area contributed by atoms with Crippen molar-refractivity contribution in [2.45, 2.75) is 18.3 Å². The third kappa shape index (κ3) is 0.882. The fourth-order valence-electron chi connectivity index (χ4n) is 2.10. The third-order valence-electron chi connectivity index (χ3n) is 3.15. The number of aromatic amines is 1. The Kier molecular flexibility index (Phi) is 1.38. The van der Waals surface area contributed by atoms with Crippen LogP contribution >= 0.6 is 0 Å². The van der Waals surface area contributed by atoms with E-state index in [-0.39, 0.29) is 5.41 Å². The van der Waals surface area contributed by atoms with Crippen LogP contribution in [0.15, 0.2) is 30.5 Å². The molecule has 1 fully saturated rings. The van der Waals surface area contributed by atoms with Crippen LogP contribution < -0.4 is 0 Å². The number of nitrogens with one attached hydrogen (secondary N) is 1. The monoisotopic (exact) mass is 185 g/mol. The molecule has 1 aliphatic carbocycles. The fraction of sp³-hybridized carbons (Fsp3) is 0.250. The lowest BCUT2D eigenvalue weighted by Crippen LogP contribution is -2.07. The summed E-state index contributed by atoms with van der Waals surface area (Å²) in [5.41, 5.74) is 2.14. The molecule has 0 unspecified atom stereocenters. The number of carbonyl (C=O) groups excluding carboxylic acids is 1. The molecule has 70 valence electrons. The van der Waals surface area contributed by atoms with E-state index < -0.39 is 0 Å². The molecule has 1 heterocycles. The van der Waals surface area contributed by atoms with Crippen LogP contribution in [0.1, 0.15) is 18.4 Å². The molecular weight excluding hydrogens is 174 g/mol. The van der Waals surface area contributed by atoms with Gasteiger partial charge in [-0.25, -0.2) is 0 Å². The summed E-state index contributed by atoms with van der Waals surface area (Å²) < 4.78 is 0. The molecule has 0 radical (unpaired) electrons. The maximum absolute atomic E-state index is 11.0. The summed E-state index contributed by atoms with van der Waals surface area (Å²) in [7, 11) is 0. The van der Waals surface area contributed by atoms with E-state index >= 15 is 0 Å². The highest BCUT2D eigenvalue weighted by atomic mass is 16.1. The van der Waals surface area contributed by atoms with Gasteiger partial charge in [0.15, 0.2) is 0 Å². The second kappa shape index (κ2) is 2.47. The van der Waals surface area contributed by atoms with Gasteiger partial charge in [0.05, 0.1) is 5.41 Å². The number of H-pyrrole nitrogens is 1. The first-order chi connectivity index (χ1) is 6.86. The Morgan fingerprint density at radius 2 is 2.14 bits per heavy atom. The molecule has 1 N–H and O–H groups in total. The van der Waals surface area contributed by atoms with Crippen molar-refractivity contribution < 1.29 is 4.79 Å². The van der Waals surface area contributed by atoms with Crippen LogP contribution in [0.2, 0.25) is 0 Å². The summed E-state index contributed by atoms with van der Waals surface area (Å²) in [6.07, 6.45) is 5.03. The largest absolute Gasteiger partial charge is 0.361 e. The fourth-order valence-corrected chi connectivity index (χ4v) is 2.10. The highest BCUT2D eigenvalue weighted by Crippen LogP contribution is 2.48. The summed E-state index contributed by atoms with van der Waals surface area (Å²) in [5, 5.41) is 1.19. The minimum absolute atomic E-state index is 0.165. The van der Waals surface area contributed by atoms with Crippen molar-refractivity contribution in [3.63, 3.8) is 0 Å². The SMILES string of the molecule is O=CC1(c2cccc3[nH]ccc23)CC1. The van der Waals surface area contributed by atoms with Gasteiger partial charge in [0, 0.05) is 17.1 Å². The van der Waals surface area contributed by atoms with E-state index in [1.807, 2.05) is 24.4 Å². The minimum atomic E-state index is -0.165. The number of hydrogen-bond acceptors (Lipinski definition) is 1. The van der Waals surface area contributed by atoms with Gasteiger partial charge in [-0.2, -0.15) is 0 Å². The third-order valence-corrected chi connectivity index (χ3v) is 3.15. The molecule has 2 heteroatoms. The van der Waals surface area contributed by atoms with Gasteiger partial charge in [-0.05, 0) is 30.5 Å². The first kappa shape index (κ1) is 7.80. The summed E-state index contributed by atoms with van der Waals surface area (Å²) in [5.74, 6) is 0. The average molecular weight is 185 g/mol. The van der Waals surface area contributed by atoms with Crippen LogP contribution in [0.3, 0.4) is 0 Å².